The zero-order valence-corrected chi connectivity index (χ0v) is 11.3. The van der Waals surface area contributed by atoms with Crippen molar-refractivity contribution < 1.29 is 12.8 Å². The average molecular weight is 305 g/mol. The summed E-state index contributed by atoms with van der Waals surface area (Å²) in [4.78, 5) is 0. The van der Waals surface area contributed by atoms with Crippen molar-refractivity contribution in [1.29, 1.82) is 0 Å². The van der Waals surface area contributed by atoms with E-state index < -0.39 is 15.8 Å². The number of sulfonamides is 1. The van der Waals surface area contributed by atoms with E-state index in [-0.39, 0.29) is 21.4 Å². The standard InChI is InChI=1S/C10H10ClFN4O2S/c1-16-10(7(11)5-14-16)19(17,18)15-6-2-3-8(12)9(13)4-6/h2-5,15H,13H2,1H3. The van der Waals surface area contributed by atoms with Crippen molar-refractivity contribution in [1.82, 2.24) is 9.78 Å². The maximum Gasteiger partial charge on any atom is 0.280 e. The van der Waals surface area contributed by atoms with Crippen molar-refractivity contribution in [3.05, 3.63) is 35.2 Å². The molecule has 0 aliphatic heterocycles. The van der Waals surface area contributed by atoms with Gasteiger partial charge < -0.3 is 5.73 Å². The quantitative estimate of drug-likeness (QED) is 0.843. The first kappa shape index (κ1) is 13.6. The van der Waals surface area contributed by atoms with E-state index in [0.29, 0.717) is 0 Å². The number of nitrogens with one attached hydrogen (secondary N) is 1. The Kier molecular flexibility index (Phi) is 3.38. The molecule has 3 N–H and O–H groups in total. The van der Waals surface area contributed by atoms with Crippen LogP contribution in [0.25, 0.3) is 0 Å². The molecule has 0 saturated heterocycles. The summed E-state index contributed by atoms with van der Waals surface area (Å²) in [7, 11) is -2.48. The normalized spacial score (nSPS) is 11.5. The lowest BCUT2D eigenvalue weighted by Gasteiger charge is -2.09. The number of hydrogen-bond acceptors (Lipinski definition) is 4. The Bertz CT molecular complexity index is 710. The highest BCUT2D eigenvalue weighted by molar-refractivity contribution is 7.92. The van der Waals surface area contributed by atoms with Gasteiger partial charge in [0.2, 0.25) is 0 Å². The summed E-state index contributed by atoms with van der Waals surface area (Å²) in [5.74, 6) is -0.624. The zero-order chi connectivity index (χ0) is 14.2. The fraction of sp³-hybridized carbons (Fsp3) is 0.100. The molecule has 102 valence electrons. The van der Waals surface area contributed by atoms with Crippen LogP contribution in [0.2, 0.25) is 5.02 Å². The lowest BCUT2D eigenvalue weighted by atomic mass is 10.3. The molecule has 1 heterocycles. The van der Waals surface area contributed by atoms with Crippen LogP contribution >= 0.6 is 11.6 Å². The highest BCUT2D eigenvalue weighted by Gasteiger charge is 2.23. The Balaban J connectivity index is 2.39. The van der Waals surface area contributed by atoms with Crippen LogP contribution in [0.1, 0.15) is 0 Å². The summed E-state index contributed by atoms with van der Waals surface area (Å²) in [5, 5.41) is 3.54. The maximum atomic E-state index is 13.0. The zero-order valence-electron chi connectivity index (χ0n) is 9.76. The minimum atomic E-state index is -3.92. The Labute approximate surface area is 114 Å². The van der Waals surface area contributed by atoms with Crippen molar-refractivity contribution >= 4 is 33.0 Å². The third-order valence-electron chi connectivity index (χ3n) is 2.35. The van der Waals surface area contributed by atoms with Gasteiger partial charge in [-0.2, -0.15) is 13.5 Å². The number of nitrogens with two attached hydrogens (primary N) is 1. The van der Waals surface area contributed by atoms with E-state index >= 15 is 0 Å². The molecule has 0 unspecified atom stereocenters. The van der Waals surface area contributed by atoms with E-state index in [1.54, 1.807) is 0 Å². The summed E-state index contributed by atoms with van der Waals surface area (Å²) < 4.78 is 40.6. The van der Waals surface area contributed by atoms with E-state index in [2.05, 4.69) is 9.82 Å². The Hall–Kier alpha value is -1.80. The van der Waals surface area contributed by atoms with E-state index in [0.717, 1.165) is 10.7 Å². The molecule has 9 heteroatoms. The molecule has 0 amide bonds. The Morgan fingerprint density at radius 3 is 2.68 bits per heavy atom. The van der Waals surface area contributed by atoms with Gasteiger partial charge in [0.15, 0.2) is 5.03 Å². The fourth-order valence-corrected chi connectivity index (χ4v) is 3.22. The van der Waals surface area contributed by atoms with E-state index in [1.165, 1.54) is 25.4 Å². The smallest absolute Gasteiger partial charge is 0.280 e. The first-order valence-corrected chi connectivity index (χ1v) is 6.93. The van der Waals surface area contributed by atoms with Crippen molar-refractivity contribution in [3.63, 3.8) is 0 Å². The van der Waals surface area contributed by atoms with Crippen molar-refractivity contribution in [3.8, 4) is 0 Å². The number of halogens is 2. The summed E-state index contributed by atoms with van der Waals surface area (Å²) in [6, 6.07) is 3.50. The highest BCUT2D eigenvalue weighted by atomic mass is 35.5. The first-order valence-electron chi connectivity index (χ1n) is 5.06. The van der Waals surface area contributed by atoms with Crippen molar-refractivity contribution in [2.24, 2.45) is 7.05 Å². The van der Waals surface area contributed by atoms with Crippen LogP contribution in [-0.4, -0.2) is 18.2 Å². The SMILES string of the molecule is Cn1ncc(Cl)c1S(=O)(=O)Nc1ccc(F)c(N)c1. The number of benzene rings is 1. The molecule has 19 heavy (non-hydrogen) atoms. The monoisotopic (exact) mass is 304 g/mol. The van der Waals surface area contributed by atoms with Crippen LogP contribution in [0.15, 0.2) is 29.4 Å². The molecule has 0 radical (unpaired) electrons. The number of nitrogen functional groups attached to an aromatic ring is 1. The number of aryl methyl sites for hydroxylation is 1. The van der Waals surface area contributed by atoms with E-state index in [1.807, 2.05) is 0 Å². The molecule has 0 aliphatic carbocycles. The molecule has 0 spiro atoms. The summed E-state index contributed by atoms with van der Waals surface area (Å²) in [5.41, 5.74) is 5.34. The number of rotatable bonds is 3. The van der Waals surface area contributed by atoms with Crippen LogP contribution in [0.4, 0.5) is 15.8 Å². The maximum absolute atomic E-state index is 13.0. The van der Waals surface area contributed by atoms with Gasteiger partial charge in [-0.05, 0) is 18.2 Å². The predicted molar refractivity (Wildman–Crippen MR) is 69.8 cm³/mol. The molecule has 0 saturated carbocycles. The molecule has 2 rings (SSSR count). The second-order valence-corrected chi connectivity index (χ2v) is 5.77. The topological polar surface area (TPSA) is 90.0 Å². The number of anilines is 2. The molecule has 1 aromatic heterocycles. The molecular weight excluding hydrogens is 295 g/mol. The van der Waals surface area contributed by atoms with E-state index in [9.17, 15) is 12.8 Å². The van der Waals surface area contributed by atoms with Crippen LogP contribution in [0, 0.1) is 5.82 Å². The lowest BCUT2D eigenvalue weighted by Crippen LogP contribution is -2.17. The summed E-state index contributed by atoms with van der Waals surface area (Å²) in [6.45, 7) is 0. The van der Waals surface area contributed by atoms with Crippen LogP contribution in [0.5, 0.6) is 0 Å². The fourth-order valence-electron chi connectivity index (χ4n) is 1.51. The largest absolute Gasteiger partial charge is 0.396 e. The lowest BCUT2D eigenvalue weighted by molar-refractivity contribution is 0.582. The van der Waals surface area contributed by atoms with Crippen LogP contribution < -0.4 is 10.5 Å². The van der Waals surface area contributed by atoms with Gasteiger partial charge in [-0.3, -0.25) is 9.40 Å². The van der Waals surface area contributed by atoms with Gasteiger partial charge >= 0.3 is 0 Å². The van der Waals surface area contributed by atoms with Crippen LogP contribution in [-0.2, 0) is 17.1 Å². The van der Waals surface area contributed by atoms with Gasteiger partial charge in [-0.15, -0.1) is 0 Å². The highest BCUT2D eigenvalue weighted by Crippen LogP contribution is 2.24. The molecule has 0 bridgehead atoms. The van der Waals surface area contributed by atoms with Gasteiger partial charge in [0.05, 0.1) is 22.6 Å². The Morgan fingerprint density at radius 2 is 2.16 bits per heavy atom. The molecule has 1 aromatic carbocycles. The van der Waals surface area contributed by atoms with Gasteiger partial charge in [0, 0.05) is 7.05 Å². The first-order chi connectivity index (χ1) is 8.81. The van der Waals surface area contributed by atoms with Gasteiger partial charge in [0.25, 0.3) is 10.0 Å². The molecule has 2 aromatic rings. The van der Waals surface area contributed by atoms with Crippen molar-refractivity contribution in [2.75, 3.05) is 10.5 Å². The minimum Gasteiger partial charge on any atom is -0.396 e. The third-order valence-corrected chi connectivity index (χ3v) is 4.23. The second-order valence-electron chi connectivity index (χ2n) is 3.76. The minimum absolute atomic E-state index is 0.00918. The molecule has 0 fully saturated rings. The summed E-state index contributed by atoms with van der Waals surface area (Å²) in [6.07, 6.45) is 1.22. The third kappa shape index (κ3) is 2.64. The molecular formula is C10H10ClFN4O2S. The van der Waals surface area contributed by atoms with E-state index in [4.69, 9.17) is 17.3 Å². The number of hydrogen-bond donors (Lipinski definition) is 2. The van der Waals surface area contributed by atoms with Gasteiger partial charge in [-0.25, -0.2) is 4.39 Å². The van der Waals surface area contributed by atoms with Gasteiger partial charge in [0.1, 0.15) is 5.82 Å². The average Bonchev–Trinajstić information content (AvgIpc) is 2.64. The van der Waals surface area contributed by atoms with Crippen LogP contribution in [0.3, 0.4) is 0 Å². The molecule has 0 atom stereocenters. The molecule has 0 aliphatic rings. The Morgan fingerprint density at radius 1 is 1.47 bits per heavy atom. The second kappa shape index (κ2) is 4.71. The number of aromatic nitrogens is 2. The predicted octanol–water partition coefficient (Wildman–Crippen LogP) is 1.60. The van der Waals surface area contributed by atoms with Crippen molar-refractivity contribution in [2.45, 2.75) is 5.03 Å². The number of nitrogens with zero attached hydrogens (tertiary/aromatic N) is 2. The summed E-state index contributed by atoms with van der Waals surface area (Å²) >= 11 is 5.77. The molecule has 6 nitrogen and oxygen atoms in total. The van der Waals surface area contributed by atoms with Gasteiger partial charge in [-0.1, -0.05) is 11.6 Å².